The molecule has 1 aromatic heterocycles. The molecule has 258 valence electrons. The first-order valence-electron chi connectivity index (χ1n) is 17.5. The van der Waals surface area contributed by atoms with Gasteiger partial charge in [-0.05, 0) is 84.8 Å². The fraction of sp³-hybridized carbons (Fsp3) is 0.302. The quantitative estimate of drug-likeness (QED) is 0.0833. The number of benzene rings is 4. The molecule has 1 heterocycles. The number of ketones is 1. The van der Waals surface area contributed by atoms with Crippen LogP contribution in [0.25, 0.3) is 17.3 Å². The van der Waals surface area contributed by atoms with E-state index < -0.39 is 25.5 Å². The maximum absolute atomic E-state index is 15.8. The molecule has 0 bridgehead atoms. The van der Waals surface area contributed by atoms with Crippen LogP contribution >= 0.6 is 0 Å². The summed E-state index contributed by atoms with van der Waals surface area (Å²) >= 11 is 0. The molecule has 5 aromatic rings. The number of aromatic nitrogens is 2. The standard InChI is InChI=1S/C43H46F2N2O2Si/c1-42(2,3)50(4,5)49-35-23-21-31(22-24-35)40(48)28-25-36-37(44)26-27-38(45)41(36)39-29-47(30-46-39)43(32-15-9-6-10-16-32,33-17-11-7-12-18-33)34-19-13-8-14-20-34/h6-20,25-31,35H,21-24H2,1-5H3/b28-25+. The van der Waals surface area contributed by atoms with E-state index in [4.69, 9.17) is 4.43 Å². The number of rotatable bonds is 10. The van der Waals surface area contributed by atoms with Crippen LogP contribution in [-0.4, -0.2) is 29.8 Å². The van der Waals surface area contributed by atoms with Crippen molar-refractivity contribution in [2.75, 3.05) is 0 Å². The Morgan fingerprint density at radius 1 is 0.780 bits per heavy atom. The highest BCUT2D eigenvalue weighted by molar-refractivity contribution is 6.74. The first-order chi connectivity index (χ1) is 23.9. The molecule has 1 aliphatic carbocycles. The lowest BCUT2D eigenvalue weighted by Crippen LogP contribution is -2.45. The summed E-state index contributed by atoms with van der Waals surface area (Å²) in [4.78, 5) is 18.1. The van der Waals surface area contributed by atoms with E-state index >= 15 is 8.78 Å². The van der Waals surface area contributed by atoms with Gasteiger partial charge in [-0.2, -0.15) is 0 Å². The van der Waals surface area contributed by atoms with E-state index in [1.165, 1.54) is 12.2 Å². The summed E-state index contributed by atoms with van der Waals surface area (Å²) in [6.07, 6.45) is 9.51. The molecule has 0 N–H and O–H groups in total. The van der Waals surface area contributed by atoms with Gasteiger partial charge in [-0.15, -0.1) is 0 Å². The van der Waals surface area contributed by atoms with E-state index in [1.807, 2.05) is 59.2 Å². The van der Waals surface area contributed by atoms with Gasteiger partial charge < -0.3 is 8.99 Å². The summed E-state index contributed by atoms with van der Waals surface area (Å²) in [6.45, 7) is 11.2. The minimum atomic E-state index is -1.90. The number of allylic oxidation sites excluding steroid dienone is 1. The summed E-state index contributed by atoms with van der Waals surface area (Å²) in [5.41, 5.74) is 2.37. The van der Waals surface area contributed by atoms with E-state index in [-0.39, 0.29) is 39.7 Å². The minimum absolute atomic E-state index is 0.00304. The second-order valence-electron chi connectivity index (χ2n) is 14.9. The molecule has 50 heavy (non-hydrogen) atoms. The Kier molecular flexibility index (Phi) is 10.2. The maximum Gasteiger partial charge on any atom is 0.192 e. The van der Waals surface area contributed by atoms with Crippen LogP contribution in [0.5, 0.6) is 0 Å². The van der Waals surface area contributed by atoms with Gasteiger partial charge in [0.05, 0.1) is 12.0 Å². The second-order valence-corrected chi connectivity index (χ2v) is 19.6. The van der Waals surface area contributed by atoms with Gasteiger partial charge in [-0.3, -0.25) is 4.79 Å². The molecule has 0 unspecified atom stereocenters. The third-order valence-electron chi connectivity index (χ3n) is 10.7. The Bertz CT molecular complexity index is 1850. The monoisotopic (exact) mass is 688 g/mol. The molecule has 6 rings (SSSR count). The predicted octanol–water partition coefficient (Wildman–Crippen LogP) is 10.8. The van der Waals surface area contributed by atoms with Gasteiger partial charge in [-0.25, -0.2) is 13.8 Å². The third kappa shape index (κ3) is 6.94. The zero-order chi connectivity index (χ0) is 35.5. The van der Waals surface area contributed by atoms with Crippen LogP contribution in [0.4, 0.5) is 8.78 Å². The first-order valence-corrected chi connectivity index (χ1v) is 20.4. The van der Waals surface area contributed by atoms with Gasteiger partial charge >= 0.3 is 0 Å². The molecule has 1 fully saturated rings. The van der Waals surface area contributed by atoms with Crippen molar-refractivity contribution in [1.29, 1.82) is 0 Å². The van der Waals surface area contributed by atoms with Gasteiger partial charge in [-0.1, -0.05) is 112 Å². The minimum Gasteiger partial charge on any atom is -0.414 e. The maximum atomic E-state index is 15.8. The van der Waals surface area contributed by atoms with Crippen LogP contribution in [0.15, 0.2) is 122 Å². The van der Waals surface area contributed by atoms with Gasteiger partial charge in [0.2, 0.25) is 0 Å². The zero-order valence-electron chi connectivity index (χ0n) is 29.6. The Balaban J connectivity index is 1.33. The van der Waals surface area contributed by atoms with Gasteiger partial charge in [0.1, 0.15) is 17.2 Å². The molecule has 4 nitrogen and oxygen atoms in total. The SMILES string of the molecule is CC(C)(C)[Si](C)(C)OC1CCC(C(=O)/C=C/c2c(F)ccc(F)c2-c2cn(C(c3ccccc3)(c3ccccc3)c3ccccc3)cn2)CC1. The molecule has 0 atom stereocenters. The van der Waals surface area contributed by atoms with E-state index in [0.717, 1.165) is 41.7 Å². The average molecular weight is 689 g/mol. The van der Waals surface area contributed by atoms with Crippen LogP contribution in [0, 0.1) is 17.6 Å². The smallest absolute Gasteiger partial charge is 0.192 e. The van der Waals surface area contributed by atoms with E-state index in [9.17, 15) is 4.79 Å². The summed E-state index contributed by atoms with van der Waals surface area (Å²) in [5.74, 6) is -1.48. The zero-order valence-corrected chi connectivity index (χ0v) is 30.6. The molecule has 0 saturated heterocycles. The van der Waals surface area contributed by atoms with Crippen molar-refractivity contribution in [3.8, 4) is 11.3 Å². The molecule has 0 spiro atoms. The van der Waals surface area contributed by atoms with Crippen LogP contribution < -0.4 is 0 Å². The third-order valence-corrected chi connectivity index (χ3v) is 15.2. The number of nitrogens with zero attached hydrogens (tertiary/aromatic N) is 2. The Morgan fingerprint density at radius 3 is 1.78 bits per heavy atom. The predicted molar refractivity (Wildman–Crippen MR) is 200 cm³/mol. The van der Waals surface area contributed by atoms with Gasteiger partial charge in [0, 0.05) is 29.3 Å². The molecule has 7 heteroatoms. The molecule has 1 saturated carbocycles. The lowest BCUT2D eigenvalue weighted by atomic mass is 9.77. The van der Waals surface area contributed by atoms with Gasteiger partial charge in [0.25, 0.3) is 0 Å². The van der Waals surface area contributed by atoms with Crippen LogP contribution in [0.3, 0.4) is 0 Å². The molecular formula is C43H46F2N2O2Si. The van der Waals surface area contributed by atoms with E-state index in [2.05, 4.69) is 75.2 Å². The topological polar surface area (TPSA) is 44.1 Å². The lowest BCUT2D eigenvalue weighted by molar-refractivity contribution is -0.119. The van der Waals surface area contributed by atoms with E-state index in [0.29, 0.717) is 12.8 Å². The number of carbonyl (C=O) groups excluding carboxylic acids is 1. The summed E-state index contributed by atoms with van der Waals surface area (Å²) in [5, 5.41) is 0.122. The van der Waals surface area contributed by atoms with Crippen LogP contribution in [0.2, 0.25) is 18.1 Å². The molecule has 0 radical (unpaired) electrons. The normalized spacial score (nSPS) is 17.3. The van der Waals surface area contributed by atoms with Crippen molar-refractivity contribution in [1.82, 2.24) is 9.55 Å². The molecular weight excluding hydrogens is 643 g/mol. The van der Waals surface area contributed by atoms with Crippen LogP contribution in [0.1, 0.15) is 68.7 Å². The van der Waals surface area contributed by atoms with Crippen molar-refractivity contribution in [2.45, 2.75) is 76.2 Å². The molecule has 4 aromatic carbocycles. The number of carbonyl (C=O) groups is 1. The Morgan fingerprint density at radius 2 is 1.28 bits per heavy atom. The molecule has 1 aliphatic rings. The van der Waals surface area contributed by atoms with Gasteiger partial charge in [0.15, 0.2) is 14.1 Å². The Hall–Kier alpha value is -4.46. The number of imidazole rings is 1. The molecule has 0 amide bonds. The summed E-state index contributed by atoms with van der Waals surface area (Å²) in [7, 11) is -1.90. The van der Waals surface area contributed by atoms with Crippen molar-refractivity contribution in [3.05, 3.63) is 156 Å². The highest BCUT2D eigenvalue weighted by atomic mass is 28.4. The van der Waals surface area contributed by atoms with Crippen molar-refractivity contribution < 1.29 is 18.0 Å². The van der Waals surface area contributed by atoms with Crippen molar-refractivity contribution in [2.24, 2.45) is 5.92 Å². The van der Waals surface area contributed by atoms with Crippen LogP contribution in [-0.2, 0) is 14.8 Å². The summed E-state index contributed by atoms with van der Waals surface area (Å²) < 4.78 is 39.9. The fourth-order valence-electron chi connectivity index (χ4n) is 6.97. The summed E-state index contributed by atoms with van der Waals surface area (Å²) in [6, 6.07) is 32.5. The first kappa shape index (κ1) is 35.4. The fourth-order valence-corrected chi connectivity index (χ4v) is 8.39. The van der Waals surface area contributed by atoms with Crippen molar-refractivity contribution in [3.63, 3.8) is 0 Å². The van der Waals surface area contributed by atoms with E-state index in [1.54, 1.807) is 12.5 Å². The lowest BCUT2D eigenvalue weighted by Gasteiger charge is -2.41. The number of halogens is 2. The average Bonchev–Trinajstić information content (AvgIpc) is 3.60. The Labute approximate surface area is 296 Å². The molecule has 0 aliphatic heterocycles. The highest BCUT2D eigenvalue weighted by Gasteiger charge is 2.41. The highest BCUT2D eigenvalue weighted by Crippen LogP contribution is 2.43. The second kappa shape index (κ2) is 14.4. The largest absolute Gasteiger partial charge is 0.414 e. The number of hydrogen-bond acceptors (Lipinski definition) is 3. The number of hydrogen-bond donors (Lipinski definition) is 0. The van der Waals surface area contributed by atoms with Crippen molar-refractivity contribution >= 4 is 20.2 Å².